The summed E-state index contributed by atoms with van der Waals surface area (Å²) in [4.78, 5) is 5.98. The molecular weight excluding hydrogens is 296 g/mol. The lowest BCUT2D eigenvalue weighted by Gasteiger charge is -2.11. The van der Waals surface area contributed by atoms with Crippen LogP contribution in [0, 0.1) is 6.92 Å². The average Bonchev–Trinajstić information content (AvgIpc) is 3.14. The second-order valence-electron chi connectivity index (χ2n) is 5.07. The van der Waals surface area contributed by atoms with Gasteiger partial charge in [-0.2, -0.15) is 0 Å². The Morgan fingerprint density at radius 2 is 2.14 bits per heavy atom. The van der Waals surface area contributed by atoms with E-state index in [0.717, 1.165) is 43.5 Å². The maximum Gasteiger partial charge on any atom is 0.191 e. The zero-order chi connectivity index (χ0) is 15.8. The van der Waals surface area contributed by atoms with E-state index < -0.39 is 0 Å². The number of nitrogens with one attached hydrogen (secondary N) is 2. The fourth-order valence-corrected chi connectivity index (χ4v) is 2.62. The molecule has 0 saturated carbocycles. The van der Waals surface area contributed by atoms with Crippen molar-refractivity contribution < 1.29 is 0 Å². The minimum Gasteiger partial charge on any atom is -0.356 e. The van der Waals surface area contributed by atoms with E-state index in [4.69, 9.17) is 0 Å². The van der Waals surface area contributed by atoms with Gasteiger partial charge in [-0.25, -0.2) is 4.99 Å². The molecule has 0 spiro atoms. The van der Waals surface area contributed by atoms with Gasteiger partial charge in [0.05, 0.1) is 0 Å². The molecule has 7 heteroatoms. The fraction of sp³-hybridized carbons (Fsp3) is 0.533. The Bertz CT molecular complexity index is 587. The van der Waals surface area contributed by atoms with Crippen LogP contribution in [0.1, 0.15) is 29.9 Å². The van der Waals surface area contributed by atoms with Crippen LogP contribution in [0.3, 0.4) is 0 Å². The zero-order valence-electron chi connectivity index (χ0n) is 13.5. The van der Waals surface area contributed by atoms with E-state index >= 15 is 0 Å². The van der Waals surface area contributed by atoms with Crippen molar-refractivity contribution in [1.82, 2.24) is 25.4 Å². The molecule has 2 aromatic rings. The molecule has 0 amide bonds. The van der Waals surface area contributed by atoms with Crippen LogP contribution in [0.2, 0.25) is 0 Å². The number of rotatable bonds is 7. The molecule has 0 fully saturated rings. The monoisotopic (exact) mass is 320 g/mol. The van der Waals surface area contributed by atoms with E-state index in [9.17, 15) is 0 Å². The summed E-state index contributed by atoms with van der Waals surface area (Å²) < 4.78 is 1.96. The molecule has 2 heterocycles. The number of thiophene rings is 1. The van der Waals surface area contributed by atoms with Crippen molar-refractivity contribution in [2.75, 3.05) is 13.1 Å². The second kappa shape index (κ2) is 8.53. The Kier molecular flexibility index (Phi) is 6.39. The number of aryl methyl sites for hydroxylation is 1. The van der Waals surface area contributed by atoms with Gasteiger partial charge in [0, 0.05) is 25.0 Å². The van der Waals surface area contributed by atoms with Gasteiger partial charge in [-0.05, 0) is 31.2 Å². The van der Waals surface area contributed by atoms with Crippen LogP contribution in [0.15, 0.2) is 22.5 Å². The standard InChI is InChI=1S/C15H24N6S/c1-4-8-16-15(17-9-7-13-6-5-10-22-13)18-11-14-20-19-12(2)21(14)3/h5-6,10H,4,7-9,11H2,1-3H3,(H2,16,17,18). The van der Waals surface area contributed by atoms with Crippen LogP contribution < -0.4 is 10.6 Å². The van der Waals surface area contributed by atoms with E-state index in [-0.39, 0.29) is 0 Å². The first-order valence-electron chi connectivity index (χ1n) is 7.60. The molecule has 0 radical (unpaired) electrons. The van der Waals surface area contributed by atoms with Crippen LogP contribution in [0.25, 0.3) is 0 Å². The largest absolute Gasteiger partial charge is 0.356 e. The molecule has 0 atom stereocenters. The van der Waals surface area contributed by atoms with Gasteiger partial charge in [0.2, 0.25) is 0 Å². The van der Waals surface area contributed by atoms with Crippen LogP contribution in [0.5, 0.6) is 0 Å². The van der Waals surface area contributed by atoms with Crippen LogP contribution in [0.4, 0.5) is 0 Å². The Morgan fingerprint density at radius 3 is 2.77 bits per heavy atom. The van der Waals surface area contributed by atoms with Crippen LogP contribution in [-0.4, -0.2) is 33.8 Å². The third kappa shape index (κ3) is 4.84. The number of hydrogen-bond acceptors (Lipinski definition) is 4. The van der Waals surface area contributed by atoms with E-state index in [0.29, 0.717) is 6.54 Å². The maximum absolute atomic E-state index is 4.60. The summed E-state index contributed by atoms with van der Waals surface area (Å²) in [7, 11) is 1.96. The number of nitrogens with zero attached hydrogens (tertiary/aromatic N) is 4. The summed E-state index contributed by atoms with van der Waals surface area (Å²) in [5, 5.41) is 17.0. The first kappa shape index (κ1) is 16.5. The van der Waals surface area contributed by atoms with Crippen molar-refractivity contribution in [3.63, 3.8) is 0 Å². The zero-order valence-corrected chi connectivity index (χ0v) is 14.3. The molecule has 120 valence electrons. The van der Waals surface area contributed by atoms with Crippen LogP contribution >= 0.6 is 11.3 Å². The number of aliphatic imine (C=N–C) groups is 1. The van der Waals surface area contributed by atoms with Gasteiger partial charge in [0.25, 0.3) is 0 Å². The molecule has 2 N–H and O–H groups in total. The Morgan fingerprint density at radius 1 is 1.32 bits per heavy atom. The molecule has 0 aliphatic carbocycles. The Hall–Kier alpha value is -1.89. The van der Waals surface area contributed by atoms with Crippen molar-refractivity contribution >= 4 is 17.3 Å². The SMILES string of the molecule is CCCNC(=NCc1nnc(C)n1C)NCCc1cccs1. The van der Waals surface area contributed by atoms with Gasteiger partial charge in [0.15, 0.2) is 11.8 Å². The summed E-state index contributed by atoms with van der Waals surface area (Å²) in [5.41, 5.74) is 0. The number of guanidine groups is 1. The molecule has 22 heavy (non-hydrogen) atoms. The number of aromatic nitrogens is 3. The normalized spacial score (nSPS) is 11.7. The smallest absolute Gasteiger partial charge is 0.191 e. The first-order chi connectivity index (χ1) is 10.7. The summed E-state index contributed by atoms with van der Waals surface area (Å²) in [5.74, 6) is 2.60. The second-order valence-corrected chi connectivity index (χ2v) is 6.10. The average molecular weight is 320 g/mol. The summed E-state index contributed by atoms with van der Waals surface area (Å²) in [6.07, 6.45) is 2.07. The number of hydrogen-bond donors (Lipinski definition) is 2. The lowest BCUT2D eigenvalue weighted by molar-refractivity contribution is 0.742. The van der Waals surface area contributed by atoms with Crippen molar-refractivity contribution in [3.05, 3.63) is 34.0 Å². The van der Waals surface area contributed by atoms with E-state index in [1.54, 1.807) is 11.3 Å². The van der Waals surface area contributed by atoms with Crippen LogP contribution in [-0.2, 0) is 20.0 Å². The molecule has 6 nitrogen and oxygen atoms in total. The van der Waals surface area contributed by atoms with E-state index in [2.05, 4.69) is 50.3 Å². The minimum atomic E-state index is 0.523. The molecule has 0 unspecified atom stereocenters. The Labute approximate surface area is 135 Å². The van der Waals surface area contributed by atoms with Gasteiger partial charge >= 0.3 is 0 Å². The van der Waals surface area contributed by atoms with Crippen molar-refractivity contribution in [3.8, 4) is 0 Å². The molecule has 2 aromatic heterocycles. The summed E-state index contributed by atoms with van der Waals surface area (Å²) >= 11 is 1.79. The van der Waals surface area contributed by atoms with Crippen molar-refractivity contribution in [2.24, 2.45) is 12.0 Å². The highest BCUT2D eigenvalue weighted by atomic mass is 32.1. The predicted octanol–water partition coefficient (Wildman–Crippen LogP) is 1.87. The predicted molar refractivity (Wildman–Crippen MR) is 91.2 cm³/mol. The third-order valence-corrected chi connectivity index (χ3v) is 4.28. The topological polar surface area (TPSA) is 67.1 Å². The van der Waals surface area contributed by atoms with Gasteiger partial charge in [-0.3, -0.25) is 0 Å². The highest BCUT2D eigenvalue weighted by molar-refractivity contribution is 7.09. The highest BCUT2D eigenvalue weighted by Crippen LogP contribution is 2.08. The quantitative estimate of drug-likeness (QED) is 0.604. The Balaban J connectivity index is 1.89. The molecule has 2 rings (SSSR count). The fourth-order valence-electron chi connectivity index (χ4n) is 1.92. The van der Waals surface area contributed by atoms with Gasteiger partial charge in [-0.1, -0.05) is 13.0 Å². The lowest BCUT2D eigenvalue weighted by Crippen LogP contribution is -2.38. The van der Waals surface area contributed by atoms with Gasteiger partial charge in [0.1, 0.15) is 12.4 Å². The molecule has 0 bridgehead atoms. The molecule has 0 aliphatic rings. The first-order valence-corrected chi connectivity index (χ1v) is 8.48. The molecule has 0 saturated heterocycles. The lowest BCUT2D eigenvalue weighted by atomic mass is 10.3. The maximum atomic E-state index is 4.60. The third-order valence-electron chi connectivity index (χ3n) is 3.35. The van der Waals surface area contributed by atoms with Crippen molar-refractivity contribution in [2.45, 2.75) is 33.2 Å². The minimum absolute atomic E-state index is 0.523. The molecule has 0 aliphatic heterocycles. The van der Waals surface area contributed by atoms with E-state index in [1.807, 2.05) is 18.5 Å². The molecular formula is C15H24N6S. The van der Waals surface area contributed by atoms with E-state index in [1.165, 1.54) is 4.88 Å². The van der Waals surface area contributed by atoms with Gasteiger partial charge < -0.3 is 15.2 Å². The summed E-state index contributed by atoms with van der Waals surface area (Å²) in [6.45, 7) is 6.38. The molecule has 0 aromatic carbocycles. The highest BCUT2D eigenvalue weighted by Gasteiger charge is 2.05. The van der Waals surface area contributed by atoms with Gasteiger partial charge in [-0.15, -0.1) is 21.5 Å². The van der Waals surface area contributed by atoms with Crippen molar-refractivity contribution in [1.29, 1.82) is 0 Å². The summed E-state index contributed by atoms with van der Waals surface area (Å²) in [6, 6.07) is 4.24.